The van der Waals surface area contributed by atoms with Crippen LogP contribution in [-0.2, 0) is 4.79 Å². The predicted octanol–water partition coefficient (Wildman–Crippen LogP) is 3.42. The molecule has 0 heterocycles. The second-order valence-electron chi connectivity index (χ2n) is 3.14. The Balaban J connectivity index is -0.000000201. The molecule has 0 spiro atoms. The van der Waals surface area contributed by atoms with Crippen molar-refractivity contribution in [1.82, 2.24) is 5.32 Å². The fraction of sp³-hybridized carbons (Fsp3) is 0.533. The van der Waals surface area contributed by atoms with E-state index < -0.39 is 0 Å². The van der Waals surface area contributed by atoms with Gasteiger partial charge in [0.25, 0.3) is 0 Å². The van der Waals surface area contributed by atoms with E-state index in [2.05, 4.69) is 5.32 Å². The molecule has 1 rings (SSSR count). The maximum absolute atomic E-state index is 9.98. The van der Waals surface area contributed by atoms with Gasteiger partial charge in [0.2, 0.25) is 0 Å². The predicted molar refractivity (Wildman–Crippen MR) is 82.9 cm³/mol. The number of benzene rings is 1. The second-order valence-corrected chi connectivity index (χ2v) is 3.14. The van der Waals surface area contributed by atoms with Gasteiger partial charge in [0, 0.05) is 5.69 Å². The summed E-state index contributed by atoms with van der Waals surface area (Å²) in [4.78, 5) is 9.98. The van der Waals surface area contributed by atoms with Crippen LogP contribution in [0.5, 0.6) is 0 Å². The molecule has 0 saturated heterocycles. The van der Waals surface area contributed by atoms with Gasteiger partial charge in [-0.25, -0.2) is 0 Å². The molecule has 0 saturated carbocycles. The number of nitrogen functional groups attached to an aromatic ring is 1. The maximum Gasteiger partial charge on any atom is 0.143 e. The number of nitrogens with two attached hydrogens (primary N) is 1. The molecule has 3 N–H and O–H groups in total. The summed E-state index contributed by atoms with van der Waals surface area (Å²) in [5.41, 5.74) is 7.51. The highest BCUT2D eigenvalue weighted by molar-refractivity contribution is 5.77. The monoisotopic (exact) mass is 254 g/mol. The Hall–Kier alpha value is -1.35. The lowest BCUT2D eigenvalue weighted by molar-refractivity contribution is -0.116. The minimum Gasteiger partial charge on any atom is -0.399 e. The van der Waals surface area contributed by atoms with Crippen LogP contribution in [0.3, 0.4) is 0 Å². The van der Waals surface area contributed by atoms with E-state index in [0.717, 1.165) is 5.69 Å². The quantitative estimate of drug-likeness (QED) is 0.795. The highest BCUT2D eigenvalue weighted by atomic mass is 16.1. The first-order chi connectivity index (χ1) is 8.56. The van der Waals surface area contributed by atoms with Gasteiger partial charge in [-0.2, -0.15) is 0 Å². The van der Waals surface area contributed by atoms with Crippen LogP contribution >= 0.6 is 0 Å². The molecule has 1 aromatic carbocycles. The molecule has 0 aromatic heterocycles. The van der Waals surface area contributed by atoms with Gasteiger partial charge >= 0.3 is 0 Å². The number of Topliss-reactive ketones (excluding diaryl/α,β-unsaturated/α-hetero) is 1. The lowest BCUT2D eigenvalue weighted by Gasteiger charge is -1.90. The molecule has 0 fully saturated rings. The summed E-state index contributed by atoms with van der Waals surface area (Å²) in [6.45, 7) is 12.1. The first-order valence-electron chi connectivity index (χ1n) is 6.52. The molecule has 0 radical (unpaired) electrons. The molecule has 0 aliphatic rings. The van der Waals surface area contributed by atoms with Gasteiger partial charge in [0.05, 0.1) is 6.54 Å². The summed E-state index contributed by atoms with van der Waals surface area (Å²) in [5, 5.41) is 2.72. The maximum atomic E-state index is 9.98. The van der Waals surface area contributed by atoms with Crippen LogP contribution in [0.1, 0.15) is 40.2 Å². The lowest BCUT2D eigenvalue weighted by Crippen LogP contribution is -2.14. The average Bonchev–Trinajstić information content (AvgIpc) is 2.38. The normalized spacial score (nSPS) is 7.50. The van der Waals surface area contributed by atoms with Crippen LogP contribution < -0.4 is 11.1 Å². The smallest absolute Gasteiger partial charge is 0.143 e. The number of anilines is 1. The number of ketones is 1. The van der Waals surface area contributed by atoms with Crippen LogP contribution in [0, 0.1) is 6.92 Å². The third kappa shape index (κ3) is 20.1. The van der Waals surface area contributed by atoms with E-state index in [0.29, 0.717) is 6.54 Å². The van der Waals surface area contributed by atoms with Crippen LogP contribution in [-0.4, -0.2) is 19.4 Å². The first kappa shape index (κ1) is 21.9. The van der Waals surface area contributed by atoms with Crippen molar-refractivity contribution in [3.8, 4) is 0 Å². The summed E-state index contributed by atoms with van der Waals surface area (Å²) in [6, 6.07) is 7.79. The second kappa shape index (κ2) is 18.0. The molecule has 0 amide bonds. The standard InChI is InChI=1S/C7H9N.C4H9NO.2C2H6/c1-6-2-4-7(8)5-3-6;1-4(6)3-5-2;2*1-2/h2-5H,8H2,1H3;5H,3H2,1-2H3;2*1-2H3. The van der Waals surface area contributed by atoms with Gasteiger partial charge in [0.1, 0.15) is 5.78 Å². The van der Waals surface area contributed by atoms with E-state index >= 15 is 0 Å². The zero-order chi connectivity index (χ0) is 15.0. The molecule has 18 heavy (non-hydrogen) atoms. The summed E-state index contributed by atoms with van der Waals surface area (Å²) >= 11 is 0. The average molecular weight is 254 g/mol. The third-order valence-corrected chi connectivity index (χ3v) is 1.50. The van der Waals surface area contributed by atoms with Crippen molar-refractivity contribution in [3.05, 3.63) is 29.8 Å². The van der Waals surface area contributed by atoms with E-state index in [1.807, 2.05) is 58.9 Å². The zero-order valence-corrected chi connectivity index (χ0v) is 13.0. The Kier molecular flexibility index (Phi) is 21.9. The van der Waals surface area contributed by atoms with Gasteiger partial charge in [-0.1, -0.05) is 45.4 Å². The molecule has 0 bridgehead atoms. The van der Waals surface area contributed by atoms with E-state index in [1.165, 1.54) is 5.56 Å². The number of hydrogen-bond acceptors (Lipinski definition) is 3. The van der Waals surface area contributed by atoms with Crippen molar-refractivity contribution in [2.75, 3.05) is 19.3 Å². The summed E-state index contributed by atoms with van der Waals surface area (Å²) < 4.78 is 0. The SMILES string of the molecule is CC.CC.CNCC(C)=O.Cc1ccc(N)cc1. The van der Waals surface area contributed by atoms with Crippen LogP contribution in [0.4, 0.5) is 5.69 Å². The molecule has 1 aromatic rings. The number of nitrogens with one attached hydrogen (secondary N) is 1. The fourth-order valence-electron chi connectivity index (χ4n) is 0.815. The molecular formula is C15H30N2O. The Morgan fingerprint density at radius 3 is 1.67 bits per heavy atom. The Morgan fingerprint density at radius 1 is 1.11 bits per heavy atom. The number of aryl methyl sites for hydroxylation is 1. The van der Waals surface area contributed by atoms with Gasteiger partial charge in [0.15, 0.2) is 0 Å². The molecule has 0 aliphatic carbocycles. The van der Waals surface area contributed by atoms with Crippen molar-refractivity contribution in [2.24, 2.45) is 0 Å². The number of hydrogen-bond donors (Lipinski definition) is 2. The van der Waals surface area contributed by atoms with E-state index in [1.54, 1.807) is 14.0 Å². The Bertz CT molecular complexity index is 247. The molecule has 0 unspecified atom stereocenters. The zero-order valence-electron chi connectivity index (χ0n) is 13.0. The van der Waals surface area contributed by atoms with Gasteiger partial charge in [-0.05, 0) is 33.0 Å². The number of rotatable bonds is 2. The van der Waals surface area contributed by atoms with Gasteiger partial charge in [-0.15, -0.1) is 0 Å². The minimum atomic E-state index is 0.178. The molecule has 3 heteroatoms. The lowest BCUT2D eigenvalue weighted by atomic mass is 10.2. The van der Waals surface area contributed by atoms with Crippen molar-refractivity contribution in [1.29, 1.82) is 0 Å². The van der Waals surface area contributed by atoms with Crippen LogP contribution in [0.25, 0.3) is 0 Å². The molecule has 0 atom stereocenters. The first-order valence-corrected chi connectivity index (χ1v) is 6.52. The van der Waals surface area contributed by atoms with Crippen LogP contribution in [0.15, 0.2) is 24.3 Å². The number of likely N-dealkylation sites (N-methyl/N-ethyl adjacent to an activating group) is 1. The van der Waals surface area contributed by atoms with Gasteiger partial charge < -0.3 is 11.1 Å². The number of carbonyl (C=O) groups excluding carboxylic acids is 1. The summed E-state index contributed by atoms with van der Waals surface area (Å²) in [6.07, 6.45) is 0. The molecule has 3 nitrogen and oxygen atoms in total. The number of carbonyl (C=O) groups is 1. The summed E-state index contributed by atoms with van der Waals surface area (Å²) in [5.74, 6) is 0.178. The Morgan fingerprint density at radius 2 is 1.50 bits per heavy atom. The van der Waals surface area contributed by atoms with E-state index in [9.17, 15) is 4.79 Å². The highest BCUT2D eigenvalue weighted by Crippen LogP contribution is 2.02. The third-order valence-electron chi connectivity index (χ3n) is 1.50. The molecule has 106 valence electrons. The van der Waals surface area contributed by atoms with Crippen molar-refractivity contribution < 1.29 is 4.79 Å². The topological polar surface area (TPSA) is 55.1 Å². The van der Waals surface area contributed by atoms with E-state index in [-0.39, 0.29) is 5.78 Å². The van der Waals surface area contributed by atoms with Crippen LogP contribution in [0.2, 0.25) is 0 Å². The highest BCUT2D eigenvalue weighted by Gasteiger charge is 1.82. The van der Waals surface area contributed by atoms with Crippen molar-refractivity contribution in [3.63, 3.8) is 0 Å². The summed E-state index contributed by atoms with van der Waals surface area (Å²) in [7, 11) is 1.75. The Labute approximate surface area is 113 Å². The molecular weight excluding hydrogens is 224 g/mol. The fourth-order valence-corrected chi connectivity index (χ4v) is 0.815. The van der Waals surface area contributed by atoms with E-state index in [4.69, 9.17) is 5.73 Å². The van der Waals surface area contributed by atoms with Crippen molar-refractivity contribution in [2.45, 2.75) is 41.5 Å². The van der Waals surface area contributed by atoms with Crippen molar-refractivity contribution >= 4 is 11.5 Å². The largest absolute Gasteiger partial charge is 0.399 e. The van der Waals surface area contributed by atoms with Gasteiger partial charge in [-0.3, -0.25) is 4.79 Å². The minimum absolute atomic E-state index is 0.178. The molecule has 0 aliphatic heterocycles.